The maximum absolute atomic E-state index is 11.4. The molecule has 0 spiro atoms. The highest BCUT2D eigenvalue weighted by molar-refractivity contribution is 5.69. The molecule has 1 aliphatic rings. The number of fused-ring (bicyclic) bond motifs is 1. The Balaban J connectivity index is 1.64. The Morgan fingerprint density at radius 1 is 1.10 bits per heavy atom. The van der Waals surface area contributed by atoms with E-state index in [-0.39, 0.29) is 17.0 Å². The minimum atomic E-state index is -0.229. The van der Waals surface area contributed by atoms with Crippen molar-refractivity contribution in [1.82, 2.24) is 0 Å². The topological polar surface area (TPSA) is 48.7 Å². The van der Waals surface area contributed by atoms with Gasteiger partial charge in [0.25, 0.3) is 0 Å². The highest BCUT2D eigenvalue weighted by Gasteiger charge is 2.48. The van der Waals surface area contributed by atoms with Gasteiger partial charge < -0.3 is 13.9 Å². The van der Waals surface area contributed by atoms with E-state index in [1.54, 1.807) is 0 Å². The lowest BCUT2D eigenvalue weighted by Gasteiger charge is -2.50. The average molecular weight is 423 g/mol. The van der Waals surface area contributed by atoms with Crippen molar-refractivity contribution in [3.05, 3.63) is 53.0 Å². The third-order valence-electron chi connectivity index (χ3n) is 6.83. The highest BCUT2D eigenvalue weighted by Crippen LogP contribution is 2.52. The zero-order valence-electron chi connectivity index (χ0n) is 19.6. The zero-order chi connectivity index (χ0) is 22.6. The summed E-state index contributed by atoms with van der Waals surface area (Å²) in [4.78, 5) is 11.4. The molecule has 1 atom stereocenters. The largest absolute Gasteiger partial charge is 0.487 e. The molecule has 0 aliphatic carbocycles. The van der Waals surface area contributed by atoms with Crippen LogP contribution >= 0.6 is 0 Å². The van der Waals surface area contributed by atoms with E-state index in [0.717, 1.165) is 36.3 Å². The van der Waals surface area contributed by atoms with E-state index in [9.17, 15) is 4.79 Å². The van der Waals surface area contributed by atoms with Gasteiger partial charge in [-0.05, 0) is 81.3 Å². The second kappa shape index (κ2) is 9.22. The number of aryl methyl sites for hydroxylation is 1. The zero-order valence-corrected chi connectivity index (χ0v) is 19.6. The fourth-order valence-corrected chi connectivity index (χ4v) is 3.89. The third kappa shape index (κ3) is 5.15. The predicted octanol–water partition coefficient (Wildman–Crippen LogP) is 6.26. The normalized spacial score (nSPS) is 18.3. The molecule has 0 saturated heterocycles. The van der Waals surface area contributed by atoms with Crippen LogP contribution < -0.4 is 4.74 Å². The fourth-order valence-electron chi connectivity index (χ4n) is 3.89. The lowest BCUT2D eigenvalue weighted by Crippen LogP contribution is -2.50. The molecule has 0 radical (unpaired) electrons. The fraction of sp³-hybridized carbons (Fsp3) is 0.519. The molecule has 0 fully saturated rings. The third-order valence-corrected chi connectivity index (χ3v) is 6.83. The Bertz CT molecular complexity index is 984. The molecule has 166 valence electrons. The van der Waals surface area contributed by atoms with Gasteiger partial charge >= 0.3 is 5.97 Å². The quantitative estimate of drug-likeness (QED) is 0.313. The van der Waals surface area contributed by atoms with Gasteiger partial charge in [0, 0.05) is 23.8 Å². The van der Waals surface area contributed by atoms with Crippen LogP contribution in [0, 0.1) is 17.3 Å². The van der Waals surface area contributed by atoms with E-state index >= 15 is 0 Å². The number of hydrogen-bond acceptors (Lipinski definition) is 4. The van der Waals surface area contributed by atoms with Gasteiger partial charge in [0.05, 0.1) is 6.61 Å². The molecule has 0 N–H and O–H groups in total. The number of unbranched alkanes of at least 4 members (excludes halogenated alkanes) is 1. The number of ether oxygens (including phenoxy) is 2. The maximum atomic E-state index is 11.4. The van der Waals surface area contributed by atoms with Crippen LogP contribution in [0.15, 0.2) is 34.7 Å². The summed E-state index contributed by atoms with van der Waals surface area (Å²) in [5, 5.41) is 0. The van der Waals surface area contributed by atoms with Crippen LogP contribution in [0.5, 0.6) is 5.75 Å². The van der Waals surface area contributed by atoms with Gasteiger partial charge in [0.15, 0.2) is 5.76 Å². The Labute approximate surface area is 186 Å². The van der Waals surface area contributed by atoms with Crippen molar-refractivity contribution in [3.63, 3.8) is 0 Å². The minimum absolute atomic E-state index is 0.00917. The molecule has 1 aromatic heterocycles. The summed E-state index contributed by atoms with van der Waals surface area (Å²) in [5.41, 5.74) is 1.94. The predicted molar refractivity (Wildman–Crippen MR) is 122 cm³/mol. The van der Waals surface area contributed by atoms with Gasteiger partial charge in [-0.15, -0.1) is 0 Å². The smallest absolute Gasteiger partial charge is 0.305 e. The van der Waals surface area contributed by atoms with Crippen LogP contribution in [0.25, 0.3) is 0 Å². The lowest BCUT2D eigenvalue weighted by atomic mass is 9.64. The SMILES string of the molecule is CCOC(=O)CCCCc1ccc(C#Cc2ccc3c(c2)C(C)C(C)(C)C(C)(C)O3)o1. The average Bonchev–Trinajstić information content (AvgIpc) is 3.16. The number of hydrogen-bond donors (Lipinski definition) is 0. The second-order valence-electron chi connectivity index (χ2n) is 9.34. The van der Waals surface area contributed by atoms with Gasteiger partial charge in [-0.2, -0.15) is 0 Å². The molecule has 0 amide bonds. The van der Waals surface area contributed by atoms with Gasteiger partial charge in [-0.25, -0.2) is 0 Å². The summed E-state index contributed by atoms with van der Waals surface area (Å²) in [6.07, 6.45) is 2.92. The summed E-state index contributed by atoms with van der Waals surface area (Å²) in [5.74, 6) is 9.09. The number of benzene rings is 1. The number of carbonyl (C=O) groups excluding carboxylic acids is 1. The van der Waals surface area contributed by atoms with Crippen LogP contribution in [0.1, 0.15) is 89.4 Å². The van der Waals surface area contributed by atoms with Crippen LogP contribution in [-0.2, 0) is 16.0 Å². The monoisotopic (exact) mass is 422 g/mol. The van der Waals surface area contributed by atoms with E-state index in [0.29, 0.717) is 24.7 Å². The van der Waals surface area contributed by atoms with Gasteiger partial charge in [-0.3, -0.25) is 4.79 Å². The molecule has 1 aliphatic heterocycles. The molecule has 1 aromatic carbocycles. The van der Waals surface area contributed by atoms with Crippen molar-refractivity contribution in [2.24, 2.45) is 5.41 Å². The molecule has 31 heavy (non-hydrogen) atoms. The van der Waals surface area contributed by atoms with Gasteiger partial charge in [0.2, 0.25) is 0 Å². The molecule has 3 rings (SSSR count). The molecule has 1 unspecified atom stereocenters. The highest BCUT2D eigenvalue weighted by atomic mass is 16.5. The Hall–Kier alpha value is -2.67. The van der Waals surface area contributed by atoms with E-state index in [4.69, 9.17) is 13.9 Å². The lowest BCUT2D eigenvalue weighted by molar-refractivity contribution is -0.143. The number of carbonyl (C=O) groups is 1. The standard InChI is InChI=1S/C27H34O4/c1-7-29-25(28)11-9-8-10-21-15-16-22(30-21)14-12-20-13-17-24-23(18-20)19(2)26(3,4)27(5,6)31-24/h13,15-19H,7-11H2,1-6H3. The van der Waals surface area contributed by atoms with Gasteiger partial charge in [0.1, 0.15) is 17.1 Å². The minimum Gasteiger partial charge on any atom is -0.487 e. The summed E-state index contributed by atoms with van der Waals surface area (Å²) < 4.78 is 17.1. The number of rotatable bonds is 6. The van der Waals surface area contributed by atoms with Crippen molar-refractivity contribution in [2.45, 2.75) is 78.7 Å². The first kappa shape index (κ1) is 23.0. The molecule has 0 bridgehead atoms. The molecule has 4 nitrogen and oxygen atoms in total. The molecule has 0 saturated carbocycles. The summed E-state index contributed by atoms with van der Waals surface area (Å²) in [6, 6.07) is 10.0. The summed E-state index contributed by atoms with van der Waals surface area (Å²) in [7, 11) is 0. The number of furan rings is 1. The van der Waals surface area contributed by atoms with Crippen LogP contribution in [0.2, 0.25) is 0 Å². The Kier molecular flexibility index (Phi) is 6.84. The van der Waals surface area contributed by atoms with E-state index in [2.05, 4.69) is 52.5 Å². The van der Waals surface area contributed by atoms with Crippen molar-refractivity contribution in [2.75, 3.05) is 6.61 Å². The van der Waals surface area contributed by atoms with E-state index < -0.39 is 0 Å². The van der Waals surface area contributed by atoms with E-state index in [1.165, 1.54) is 5.56 Å². The summed E-state index contributed by atoms with van der Waals surface area (Å²) >= 11 is 0. The first-order valence-electron chi connectivity index (χ1n) is 11.2. The maximum Gasteiger partial charge on any atom is 0.305 e. The second-order valence-corrected chi connectivity index (χ2v) is 9.34. The molecule has 2 aromatic rings. The van der Waals surface area contributed by atoms with Crippen LogP contribution in [0.3, 0.4) is 0 Å². The molecular formula is C27H34O4. The summed E-state index contributed by atoms with van der Waals surface area (Å²) in [6.45, 7) is 13.4. The van der Waals surface area contributed by atoms with Crippen molar-refractivity contribution >= 4 is 5.97 Å². The number of esters is 1. The van der Waals surface area contributed by atoms with E-state index in [1.807, 2.05) is 31.2 Å². The van der Waals surface area contributed by atoms with Crippen molar-refractivity contribution in [3.8, 4) is 17.6 Å². The first-order chi connectivity index (χ1) is 14.6. The van der Waals surface area contributed by atoms with Crippen LogP contribution in [-0.4, -0.2) is 18.2 Å². The Morgan fingerprint density at radius 2 is 1.87 bits per heavy atom. The molecular weight excluding hydrogens is 388 g/mol. The van der Waals surface area contributed by atoms with Crippen molar-refractivity contribution < 1.29 is 18.7 Å². The van der Waals surface area contributed by atoms with Crippen LogP contribution in [0.4, 0.5) is 0 Å². The molecule has 4 heteroatoms. The van der Waals surface area contributed by atoms with Gasteiger partial charge in [-0.1, -0.05) is 26.7 Å². The first-order valence-corrected chi connectivity index (χ1v) is 11.2. The Morgan fingerprint density at radius 3 is 2.61 bits per heavy atom. The van der Waals surface area contributed by atoms with Crippen molar-refractivity contribution in [1.29, 1.82) is 0 Å². The molecule has 2 heterocycles.